The fraction of sp³-hybridized carbons (Fsp3) is 0.444. The van der Waals surface area contributed by atoms with Crippen LogP contribution in [0.4, 0.5) is 0 Å². The quantitative estimate of drug-likeness (QED) is 0.539. The van der Waals surface area contributed by atoms with Crippen molar-refractivity contribution >= 4 is 14.7 Å². The Morgan fingerprint density at radius 1 is 1.05 bits per heavy atom. The van der Waals surface area contributed by atoms with Crippen molar-refractivity contribution in [3.05, 3.63) is 53.1 Å². The molecule has 0 saturated heterocycles. The fourth-order valence-electron chi connectivity index (χ4n) is 3.16. The highest BCUT2D eigenvalue weighted by Crippen LogP contribution is 2.38. The number of hydrogen-bond acceptors (Lipinski definition) is 0. The number of benzene rings is 1. The highest BCUT2D eigenvalue weighted by molar-refractivity contribution is 6.56. The molecule has 0 nitrogen and oxygen atoms in total. The molecule has 0 N–H and O–H groups in total. The average Bonchev–Trinajstić information content (AvgIpc) is 2.67. The Balaban J connectivity index is 2.06. The van der Waals surface area contributed by atoms with Crippen molar-refractivity contribution in [3.63, 3.8) is 0 Å². The van der Waals surface area contributed by atoms with Crippen LogP contribution >= 0.6 is 0 Å². The Hall–Kier alpha value is -1.08. The number of allylic oxidation sites excluding steroid dienone is 4. The first-order valence-electron chi connectivity index (χ1n) is 7.64. The highest BCUT2D eigenvalue weighted by Gasteiger charge is 2.23. The summed E-state index contributed by atoms with van der Waals surface area (Å²) in [5.41, 5.74) is 5.71. The van der Waals surface area contributed by atoms with E-state index in [-0.39, 0.29) is 9.52 Å². The number of hydrogen-bond donors (Lipinski definition) is 0. The van der Waals surface area contributed by atoms with Crippen LogP contribution in [-0.2, 0) is 0 Å². The number of unbranched alkanes of at least 4 members (excludes halogenated alkanes) is 2. The van der Waals surface area contributed by atoms with Gasteiger partial charge in [-0.1, -0.05) is 78.1 Å². The molecule has 0 aromatic heterocycles. The zero-order valence-corrected chi connectivity index (χ0v) is 14.0. The van der Waals surface area contributed by atoms with E-state index in [2.05, 4.69) is 57.2 Å². The maximum atomic E-state index is 2.43. The monoisotopic (exact) mass is 270 g/mol. The van der Waals surface area contributed by atoms with E-state index in [0.29, 0.717) is 0 Å². The zero-order chi connectivity index (χ0) is 13.7. The summed E-state index contributed by atoms with van der Waals surface area (Å²) >= 11 is 0. The van der Waals surface area contributed by atoms with E-state index in [4.69, 9.17) is 0 Å². The molecule has 102 valence electrons. The first-order chi connectivity index (χ1) is 9.22. The first-order valence-corrected chi connectivity index (χ1v) is 9.16. The Labute approximate surface area is 120 Å². The topological polar surface area (TPSA) is 0 Å². The minimum absolute atomic E-state index is 0.222. The molecular formula is C18H26Si. The van der Waals surface area contributed by atoms with Crippen LogP contribution in [-0.4, -0.2) is 9.52 Å². The van der Waals surface area contributed by atoms with Crippen molar-refractivity contribution in [3.8, 4) is 0 Å². The van der Waals surface area contributed by atoms with Crippen molar-refractivity contribution in [2.24, 2.45) is 0 Å². The molecule has 0 bridgehead atoms. The first kappa shape index (κ1) is 14.3. The van der Waals surface area contributed by atoms with Gasteiger partial charge in [-0.3, -0.25) is 0 Å². The molecule has 0 radical (unpaired) electrons. The third-order valence-electron chi connectivity index (χ3n) is 4.25. The standard InChI is InChI=1S/C18H26Si/c1-4-5-7-12-17-14(2)13-15(3)18(17)19-16-10-8-6-9-11-16/h6,8-11,13,18H,4-5,7,12,19H2,1-3H3. The highest BCUT2D eigenvalue weighted by atomic mass is 28.2. The van der Waals surface area contributed by atoms with E-state index in [1.165, 1.54) is 25.7 Å². The van der Waals surface area contributed by atoms with E-state index in [1.807, 2.05) is 0 Å². The normalized spacial score (nSPS) is 19.5. The van der Waals surface area contributed by atoms with Crippen LogP contribution in [0.2, 0.25) is 5.54 Å². The lowest BCUT2D eigenvalue weighted by Crippen LogP contribution is -2.20. The summed E-state index contributed by atoms with van der Waals surface area (Å²) in [5, 5.41) is 1.60. The summed E-state index contributed by atoms with van der Waals surface area (Å²) in [6, 6.07) is 11.1. The lowest BCUT2D eigenvalue weighted by molar-refractivity contribution is 0.704. The summed E-state index contributed by atoms with van der Waals surface area (Å²) in [7, 11) is -0.222. The Kier molecular flexibility index (Phi) is 5.21. The van der Waals surface area contributed by atoms with Crippen LogP contribution < -0.4 is 5.19 Å². The van der Waals surface area contributed by atoms with Gasteiger partial charge in [0.05, 0.1) is 9.52 Å². The summed E-state index contributed by atoms with van der Waals surface area (Å²) in [6.45, 7) is 6.93. The molecule has 1 atom stereocenters. The van der Waals surface area contributed by atoms with Gasteiger partial charge in [-0.2, -0.15) is 0 Å². The molecule has 19 heavy (non-hydrogen) atoms. The third-order valence-corrected chi connectivity index (χ3v) is 6.74. The SMILES string of the molecule is CCCCCC1=C(C)C=C(C)C1[SiH2]c1ccccc1. The molecule has 1 aromatic rings. The van der Waals surface area contributed by atoms with Gasteiger partial charge in [0.1, 0.15) is 0 Å². The predicted molar refractivity (Wildman–Crippen MR) is 89.0 cm³/mol. The third kappa shape index (κ3) is 3.70. The molecule has 0 heterocycles. The van der Waals surface area contributed by atoms with E-state index in [9.17, 15) is 0 Å². The predicted octanol–water partition coefficient (Wildman–Crippen LogP) is 4.13. The molecule has 2 rings (SSSR count). The van der Waals surface area contributed by atoms with Crippen LogP contribution in [0.15, 0.2) is 53.1 Å². The second kappa shape index (κ2) is 6.90. The van der Waals surface area contributed by atoms with Gasteiger partial charge in [0.2, 0.25) is 0 Å². The lowest BCUT2D eigenvalue weighted by Gasteiger charge is -2.18. The summed E-state index contributed by atoms with van der Waals surface area (Å²) < 4.78 is 0. The minimum atomic E-state index is -0.222. The van der Waals surface area contributed by atoms with Gasteiger partial charge in [0.15, 0.2) is 0 Å². The van der Waals surface area contributed by atoms with Gasteiger partial charge < -0.3 is 0 Å². The van der Waals surface area contributed by atoms with Gasteiger partial charge in [-0.05, 0) is 32.2 Å². The van der Waals surface area contributed by atoms with Crippen molar-refractivity contribution < 1.29 is 0 Å². The van der Waals surface area contributed by atoms with Crippen molar-refractivity contribution in [1.29, 1.82) is 0 Å². The zero-order valence-electron chi connectivity index (χ0n) is 12.6. The van der Waals surface area contributed by atoms with Crippen LogP contribution in [0.3, 0.4) is 0 Å². The molecule has 0 amide bonds. The Morgan fingerprint density at radius 3 is 2.47 bits per heavy atom. The molecule has 1 heteroatoms. The van der Waals surface area contributed by atoms with Gasteiger partial charge in [0.25, 0.3) is 0 Å². The maximum absolute atomic E-state index is 2.43. The van der Waals surface area contributed by atoms with Gasteiger partial charge in [-0.25, -0.2) is 0 Å². The Morgan fingerprint density at radius 2 is 1.79 bits per heavy atom. The van der Waals surface area contributed by atoms with E-state index in [0.717, 1.165) is 5.54 Å². The van der Waals surface area contributed by atoms with E-state index in [1.54, 1.807) is 21.9 Å². The molecule has 1 aromatic carbocycles. The van der Waals surface area contributed by atoms with Gasteiger partial charge in [0, 0.05) is 0 Å². The minimum Gasteiger partial charge on any atom is -0.0689 e. The second-order valence-electron chi connectivity index (χ2n) is 5.80. The van der Waals surface area contributed by atoms with Gasteiger partial charge >= 0.3 is 0 Å². The van der Waals surface area contributed by atoms with Crippen molar-refractivity contribution in [1.82, 2.24) is 0 Å². The summed E-state index contributed by atoms with van der Waals surface area (Å²) in [4.78, 5) is 0. The molecule has 1 unspecified atom stereocenters. The van der Waals surface area contributed by atoms with E-state index >= 15 is 0 Å². The molecular weight excluding hydrogens is 244 g/mol. The molecule has 0 fully saturated rings. The molecule has 0 aliphatic heterocycles. The largest absolute Gasteiger partial charge is 0.0689 e. The average molecular weight is 270 g/mol. The fourth-order valence-corrected chi connectivity index (χ4v) is 5.38. The molecule has 1 aliphatic carbocycles. The lowest BCUT2D eigenvalue weighted by atomic mass is 10.0. The van der Waals surface area contributed by atoms with Crippen LogP contribution in [0, 0.1) is 0 Å². The molecule has 0 saturated carbocycles. The van der Waals surface area contributed by atoms with E-state index < -0.39 is 0 Å². The van der Waals surface area contributed by atoms with Crippen molar-refractivity contribution in [2.45, 2.75) is 52.0 Å². The number of rotatable bonds is 6. The van der Waals surface area contributed by atoms with Gasteiger partial charge in [-0.15, -0.1) is 0 Å². The molecule has 1 aliphatic rings. The summed E-state index contributed by atoms with van der Waals surface area (Å²) in [6.07, 6.45) is 7.80. The second-order valence-corrected chi connectivity index (χ2v) is 7.84. The van der Waals surface area contributed by atoms with Crippen LogP contribution in [0.25, 0.3) is 0 Å². The summed E-state index contributed by atoms with van der Waals surface area (Å²) in [5.74, 6) is 0. The van der Waals surface area contributed by atoms with Crippen LogP contribution in [0.5, 0.6) is 0 Å². The Bertz CT molecular complexity index is 468. The smallest absolute Gasteiger partial charge is 0.0670 e. The molecule has 0 spiro atoms. The maximum Gasteiger partial charge on any atom is 0.0670 e. The van der Waals surface area contributed by atoms with Crippen molar-refractivity contribution in [2.75, 3.05) is 0 Å². The van der Waals surface area contributed by atoms with Crippen LogP contribution in [0.1, 0.15) is 46.5 Å².